The van der Waals surface area contributed by atoms with Crippen LogP contribution in [0.3, 0.4) is 0 Å². The van der Waals surface area contributed by atoms with Crippen LogP contribution in [0.2, 0.25) is 0 Å². The fraction of sp³-hybridized carbons (Fsp3) is 0.417. The van der Waals surface area contributed by atoms with Crippen LogP contribution in [0, 0.1) is 0 Å². The molecule has 0 N–H and O–H groups in total. The number of carbonyl (C=O) groups excluding carboxylic acids is 2. The number of benzene rings is 4. The van der Waals surface area contributed by atoms with E-state index in [0.717, 1.165) is 74.2 Å². The van der Waals surface area contributed by atoms with Crippen molar-refractivity contribution in [2.75, 3.05) is 26.3 Å². The molecule has 0 saturated carbocycles. The van der Waals surface area contributed by atoms with Gasteiger partial charge >= 0.3 is 11.9 Å². The van der Waals surface area contributed by atoms with E-state index in [-0.39, 0.29) is 0 Å². The van der Waals surface area contributed by atoms with E-state index < -0.39 is 11.9 Å². The van der Waals surface area contributed by atoms with Crippen molar-refractivity contribution in [1.82, 2.24) is 0 Å². The highest BCUT2D eigenvalue weighted by Gasteiger charge is 2.10. The molecule has 0 aromatic heterocycles. The lowest BCUT2D eigenvalue weighted by atomic mass is 10.1. The summed E-state index contributed by atoms with van der Waals surface area (Å²) >= 11 is 0. The van der Waals surface area contributed by atoms with Gasteiger partial charge in [0.2, 0.25) is 0 Å². The molecular weight excluding hydrogens is 701 g/mol. The maximum Gasteiger partial charge on any atom is 0.343 e. The minimum Gasteiger partial charge on any atom is -0.494 e. The number of ether oxygens (including phenoxy) is 4. The second kappa shape index (κ2) is 26.5. The van der Waals surface area contributed by atoms with Gasteiger partial charge in [-0.2, -0.15) is 0 Å². The average Bonchev–Trinajstić information content (AvgIpc) is 3.22. The van der Waals surface area contributed by atoms with Gasteiger partial charge < -0.3 is 18.9 Å². The van der Waals surface area contributed by atoms with Gasteiger partial charge in [-0.15, -0.1) is 0 Å². The Labute approximate surface area is 334 Å². The third-order valence-corrected chi connectivity index (χ3v) is 9.20. The van der Waals surface area contributed by atoms with Crippen molar-refractivity contribution in [3.05, 3.63) is 119 Å². The molecule has 4 rings (SSSR count). The molecule has 8 heteroatoms. The Morgan fingerprint density at radius 1 is 0.429 bits per heavy atom. The lowest BCUT2D eigenvalue weighted by Crippen LogP contribution is -2.08. The molecule has 0 unspecified atom stereocenters. The summed E-state index contributed by atoms with van der Waals surface area (Å²) in [6.07, 6.45) is 19.8. The van der Waals surface area contributed by atoms with Gasteiger partial charge in [-0.3, -0.25) is 9.98 Å². The Bertz CT molecular complexity index is 1600. The van der Waals surface area contributed by atoms with Crippen LogP contribution < -0.4 is 18.9 Å². The van der Waals surface area contributed by atoms with Crippen molar-refractivity contribution in [3.63, 3.8) is 0 Å². The first kappa shape index (κ1) is 43.5. The normalized spacial score (nSPS) is 11.2. The van der Waals surface area contributed by atoms with E-state index in [4.69, 9.17) is 18.9 Å². The van der Waals surface area contributed by atoms with Crippen molar-refractivity contribution in [3.8, 4) is 23.0 Å². The van der Waals surface area contributed by atoms with Crippen LogP contribution >= 0.6 is 0 Å². The number of rotatable bonds is 27. The summed E-state index contributed by atoms with van der Waals surface area (Å²) in [6.45, 7) is 7.34. The van der Waals surface area contributed by atoms with E-state index in [0.29, 0.717) is 35.8 Å². The largest absolute Gasteiger partial charge is 0.494 e. The van der Waals surface area contributed by atoms with Gasteiger partial charge in [0, 0.05) is 25.5 Å². The summed E-state index contributed by atoms with van der Waals surface area (Å²) in [6, 6.07) is 29.0. The number of hydrogen-bond donors (Lipinski definition) is 0. The minimum absolute atomic E-state index is 0.394. The standard InChI is InChI=1S/C48H60N2O6/c1-3-5-7-15-35-53-43-29-21-41(22-30-43)47(51)55-45-25-17-39(18-26-45)37-49-33-13-11-9-10-12-14-34-50-38-40-19-27-46(28-20-40)56-48(52)42-23-31-44(32-24-42)54-36-16-8-6-4-2/h17-32,37-38H,3-16,33-36H2,1-2H3. The monoisotopic (exact) mass is 760 g/mol. The Morgan fingerprint density at radius 2 is 0.768 bits per heavy atom. The third kappa shape index (κ3) is 17.5. The van der Waals surface area contributed by atoms with Gasteiger partial charge in [-0.1, -0.05) is 78.1 Å². The SMILES string of the molecule is CCCCCCOc1ccc(C(=O)Oc2ccc(C=NCCCCCCCCN=Cc3ccc(OC(=O)c4ccc(OCCCCCC)cc4)cc3)cc2)cc1. The van der Waals surface area contributed by atoms with Crippen LogP contribution in [0.25, 0.3) is 0 Å². The second-order valence-corrected chi connectivity index (χ2v) is 14.0. The topological polar surface area (TPSA) is 95.8 Å². The van der Waals surface area contributed by atoms with Gasteiger partial charge in [0.15, 0.2) is 0 Å². The summed E-state index contributed by atoms with van der Waals surface area (Å²) in [5.41, 5.74) is 2.92. The smallest absolute Gasteiger partial charge is 0.343 e. The quantitative estimate of drug-likeness (QED) is 0.0260. The Morgan fingerprint density at radius 3 is 1.14 bits per heavy atom. The van der Waals surface area contributed by atoms with E-state index in [1.165, 1.54) is 51.4 Å². The van der Waals surface area contributed by atoms with Crippen LogP contribution in [0.1, 0.15) is 136 Å². The predicted molar refractivity (Wildman–Crippen MR) is 228 cm³/mol. The van der Waals surface area contributed by atoms with Crippen molar-refractivity contribution in [1.29, 1.82) is 0 Å². The van der Waals surface area contributed by atoms with Crippen LogP contribution in [-0.2, 0) is 0 Å². The molecule has 56 heavy (non-hydrogen) atoms. The Hall–Kier alpha value is -5.24. The van der Waals surface area contributed by atoms with Crippen molar-refractivity contribution in [2.24, 2.45) is 9.98 Å². The van der Waals surface area contributed by atoms with E-state index in [9.17, 15) is 9.59 Å². The van der Waals surface area contributed by atoms with E-state index in [2.05, 4.69) is 23.8 Å². The predicted octanol–water partition coefficient (Wildman–Crippen LogP) is 11.9. The van der Waals surface area contributed by atoms with Crippen LogP contribution in [-0.4, -0.2) is 50.7 Å². The number of unbranched alkanes of at least 4 members (excludes halogenated alkanes) is 11. The highest BCUT2D eigenvalue weighted by Crippen LogP contribution is 2.19. The maximum atomic E-state index is 12.6. The Kier molecular flexibility index (Phi) is 20.6. The summed E-state index contributed by atoms with van der Waals surface area (Å²) in [5, 5.41) is 0. The lowest BCUT2D eigenvalue weighted by molar-refractivity contribution is 0.0725. The van der Waals surface area contributed by atoms with E-state index in [1.54, 1.807) is 48.5 Å². The fourth-order valence-electron chi connectivity index (χ4n) is 5.84. The first-order valence-electron chi connectivity index (χ1n) is 20.6. The molecule has 0 spiro atoms. The zero-order chi connectivity index (χ0) is 39.5. The molecule has 0 bridgehead atoms. The van der Waals surface area contributed by atoms with E-state index >= 15 is 0 Å². The molecular formula is C48H60N2O6. The molecule has 4 aromatic rings. The number of esters is 2. The molecule has 0 radical (unpaired) electrons. The van der Waals surface area contributed by atoms with Crippen LogP contribution in [0.15, 0.2) is 107 Å². The molecule has 0 aliphatic heterocycles. The number of hydrogen-bond acceptors (Lipinski definition) is 8. The zero-order valence-corrected chi connectivity index (χ0v) is 33.5. The van der Waals surface area contributed by atoms with Gasteiger partial charge in [-0.25, -0.2) is 9.59 Å². The van der Waals surface area contributed by atoms with Crippen LogP contribution in [0.5, 0.6) is 23.0 Å². The molecule has 0 aliphatic rings. The Balaban J connectivity index is 1.00. The second-order valence-electron chi connectivity index (χ2n) is 14.0. The minimum atomic E-state index is -0.394. The summed E-state index contributed by atoms with van der Waals surface area (Å²) in [5.74, 6) is 1.74. The number of carbonyl (C=O) groups is 2. The molecule has 298 valence electrons. The highest BCUT2D eigenvalue weighted by molar-refractivity contribution is 5.92. The third-order valence-electron chi connectivity index (χ3n) is 9.20. The maximum absolute atomic E-state index is 12.6. The molecule has 0 heterocycles. The number of nitrogens with zero attached hydrogens (tertiary/aromatic N) is 2. The molecule has 0 atom stereocenters. The van der Waals surface area contributed by atoms with Gasteiger partial charge in [-0.05, 0) is 134 Å². The molecule has 0 amide bonds. The van der Waals surface area contributed by atoms with Gasteiger partial charge in [0.1, 0.15) is 23.0 Å². The fourth-order valence-corrected chi connectivity index (χ4v) is 5.84. The summed E-state index contributed by atoms with van der Waals surface area (Å²) in [7, 11) is 0. The van der Waals surface area contributed by atoms with Crippen molar-refractivity contribution in [2.45, 2.75) is 104 Å². The molecule has 0 saturated heterocycles. The van der Waals surface area contributed by atoms with Crippen LogP contribution in [0.4, 0.5) is 0 Å². The first-order chi connectivity index (χ1) is 27.5. The summed E-state index contributed by atoms with van der Waals surface area (Å²) < 4.78 is 22.6. The molecule has 8 nitrogen and oxygen atoms in total. The van der Waals surface area contributed by atoms with E-state index in [1.807, 2.05) is 61.0 Å². The molecule has 0 fully saturated rings. The zero-order valence-electron chi connectivity index (χ0n) is 33.5. The highest BCUT2D eigenvalue weighted by atomic mass is 16.5. The van der Waals surface area contributed by atoms with Crippen molar-refractivity contribution >= 4 is 24.4 Å². The van der Waals surface area contributed by atoms with Gasteiger partial charge in [0.05, 0.1) is 24.3 Å². The number of aliphatic imine (C=N–C) groups is 2. The summed E-state index contributed by atoms with van der Waals surface area (Å²) in [4.78, 5) is 34.3. The molecule has 0 aliphatic carbocycles. The first-order valence-corrected chi connectivity index (χ1v) is 20.6. The van der Waals surface area contributed by atoms with Crippen molar-refractivity contribution < 1.29 is 28.5 Å². The van der Waals surface area contributed by atoms with Gasteiger partial charge in [0.25, 0.3) is 0 Å². The molecule has 4 aromatic carbocycles. The average molecular weight is 761 g/mol. The lowest BCUT2D eigenvalue weighted by Gasteiger charge is -2.08.